The second-order valence-corrected chi connectivity index (χ2v) is 5.33. The zero-order valence-corrected chi connectivity index (χ0v) is 12.8. The van der Waals surface area contributed by atoms with Crippen LogP contribution in [0.15, 0.2) is 36.5 Å². The highest BCUT2D eigenvalue weighted by Crippen LogP contribution is 2.32. The molecule has 1 aromatic carbocycles. The van der Waals surface area contributed by atoms with Gasteiger partial charge < -0.3 is 19.4 Å². The predicted molar refractivity (Wildman–Crippen MR) is 83.9 cm³/mol. The first kappa shape index (κ1) is 15.0. The Balaban J connectivity index is 1.83. The van der Waals surface area contributed by atoms with E-state index in [2.05, 4.69) is 11.4 Å². The third-order valence-corrected chi connectivity index (χ3v) is 3.57. The van der Waals surface area contributed by atoms with Gasteiger partial charge in [0.25, 0.3) is 5.91 Å². The minimum absolute atomic E-state index is 0.216. The van der Waals surface area contributed by atoms with E-state index in [0.29, 0.717) is 37.0 Å². The third kappa shape index (κ3) is 3.14. The van der Waals surface area contributed by atoms with E-state index in [9.17, 15) is 4.79 Å². The first-order valence-electron chi connectivity index (χ1n) is 7.44. The minimum Gasteiger partial charge on any atom is -0.486 e. The Hall–Kier alpha value is -2.94. The topological polar surface area (TPSA) is 76.3 Å². The van der Waals surface area contributed by atoms with E-state index in [1.54, 1.807) is 23.6 Å². The maximum atomic E-state index is 12.3. The molecule has 1 N–H and O–H groups in total. The number of hydrogen-bond donors (Lipinski definition) is 1. The number of nitrogens with one attached hydrogen (secondary N) is 1. The molecule has 1 amide bonds. The van der Waals surface area contributed by atoms with Crippen molar-refractivity contribution in [2.24, 2.45) is 5.92 Å². The van der Waals surface area contributed by atoms with Crippen LogP contribution in [0.3, 0.4) is 0 Å². The van der Waals surface area contributed by atoms with Crippen molar-refractivity contribution in [1.82, 2.24) is 9.88 Å². The average Bonchev–Trinajstić information content (AvgIpc) is 3.08. The molecule has 3 rings (SSSR count). The average molecular weight is 311 g/mol. The van der Waals surface area contributed by atoms with Crippen LogP contribution in [0.25, 0.3) is 5.69 Å². The number of nitriles is 1. The number of aromatic nitrogens is 1. The van der Waals surface area contributed by atoms with Crippen LogP contribution in [0.4, 0.5) is 0 Å². The lowest BCUT2D eigenvalue weighted by atomic mass is 10.2. The zero-order chi connectivity index (χ0) is 16.2. The van der Waals surface area contributed by atoms with Crippen LogP contribution >= 0.6 is 0 Å². The van der Waals surface area contributed by atoms with Crippen molar-refractivity contribution >= 4 is 5.91 Å². The lowest BCUT2D eigenvalue weighted by molar-refractivity contribution is 0.0944. The minimum atomic E-state index is -0.225. The molecule has 0 fully saturated rings. The van der Waals surface area contributed by atoms with Crippen molar-refractivity contribution in [2.75, 3.05) is 19.8 Å². The number of benzene rings is 1. The molecule has 0 radical (unpaired) electrons. The van der Waals surface area contributed by atoms with Crippen molar-refractivity contribution < 1.29 is 14.3 Å². The predicted octanol–water partition coefficient (Wildman–Crippen LogP) is 2.14. The molecular formula is C17H17N3O3. The summed E-state index contributed by atoms with van der Waals surface area (Å²) in [5.74, 6) is 0.941. The summed E-state index contributed by atoms with van der Waals surface area (Å²) < 4.78 is 12.9. The smallest absolute Gasteiger partial charge is 0.268 e. The molecule has 1 aliphatic rings. The summed E-state index contributed by atoms with van der Waals surface area (Å²) in [6.07, 6.45) is 1.81. The lowest BCUT2D eigenvalue weighted by Gasteiger charge is -2.19. The van der Waals surface area contributed by atoms with Gasteiger partial charge in [0.05, 0.1) is 12.0 Å². The molecule has 1 atom stereocenters. The summed E-state index contributed by atoms with van der Waals surface area (Å²) in [5.41, 5.74) is 1.32. The van der Waals surface area contributed by atoms with E-state index in [0.717, 1.165) is 5.69 Å². The van der Waals surface area contributed by atoms with Gasteiger partial charge in [-0.2, -0.15) is 5.26 Å². The fraction of sp³-hybridized carbons (Fsp3) is 0.294. The number of ether oxygens (including phenoxy) is 2. The van der Waals surface area contributed by atoms with Crippen LogP contribution in [0.1, 0.15) is 17.4 Å². The van der Waals surface area contributed by atoms with Gasteiger partial charge >= 0.3 is 0 Å². The van der Waals surface area contributed by atoms with Gasteiger partial charge in [0.2, 0.25) is 0 Å². The Bertz CT molecular complexity index is 761. The number of nitrogens with zero attached hydrogens (tertiary/aromatic N) is 2. The quantitative estimate of drug-likeness (QED) is 0.938. The largest absolute Gasteiger partial charge is 0.486 e. The van der Waals surface area contributed by atoms with Crippen LogP contribution in [-0.4, -0.2) is 30.2 Å². The number of rotatable bonds is 4. The fourth-order valence-corrected chi connectivity index (χ4v) is 2.35. The van der Waals surface area contributed by atoms with Gasteiger partial charge in [-0.15, -0.1) is 0 Å². The second-order valence-electron chi connectivity index (χ2n) is 5.33. The molecule has 118 valence electrons. The number of carbonyl (C=O) groups excluding carboxylic acids is 1. The van der Waals surface area contributed by atoms with Crippen molar-refractivity contribution in [3.05, 3.63) is 42.2 Å². The molecule has 6 nitrogen and oxygen atoms in total. The van der Waals surface area contributed by atoms with E-state index in [1.807, 2.05) is 24.4 Å². The second kappa shape index (κ2) is 6.44. The highest BCUT2D eigenvalue weighted by atomic mass is 16.6. The standard InChI is InChI=1S/C17H17N3O3/c1-12(10-18)11-19-17(21)14-3-2-6-20(14)13-4-5-15-16(9-13)23-8-7-22-15/h2-6,9,12H,7-8,11H2,1H3,(H,19,21)/t12-/m1/s1. The Morgan fingerprint density at radius 3 is 2.91 bits per heavy atom. The monoisotopic (exact) mass is 311 g/mol. The molecule has 2 aromatic rings. The molecule has 2 heterocycles. The van der Waals surface area contributed by atoms with Gasteiger partial charge in [-0.05, 0) is 31.2 Å². The molecule has 23 heavy (non-hydrogen) atoms. The molecule has 1 aromatic heterocycles. The van der Waals surface area contributed by atoms with Gasteiger partial charge in [-0.1, -0.05) is 0 Å². The fourth-order valence-electron chi connectivity index (χ4n) is 2.35. The van der Waals surface area contributed by atoms with Gasteiger partial charge in [0.15, 0.2) is 11.5 Å². The zero-order valence-electron chi connectivity index (χ0n) is 12.8. The Kier molecular flexibility index (Phi) is 4.20. The van der Waals surface area contributed by atoms with E-state index >= 15 is 0 Å². The van der Waals surface area contributed by atoms with Crippen molar-refractivity contribution in [3.8, 4) is 23.3 Å². The summed E-state index contributed by atoms with van der Waals surface area (Å²) >= 11 is 0. The van der Waals surface area contributed by atoms with Crippen LogP contribution in [0, 0.1) is 17.2 Å². The summed E-state index contributed by atoms with van der Waals surface area (Å²) in [5, 5.41) is 11.6. The van der Waals surface area contributed by atoms with Crippen molar-refractivity contribution in [1.29, 1.82) is 5.26 Å². The van der Waals surface area contributed by atoms with Gasteiger partial charge in [-0.25, -0.2) is 0 Å². The molecule has 1 aliphatic heterocycles. The van der Waals surface area contributed by atoms with Crippen LogP contribution in [0.2, 0.25) is 0 Å². The van der Waals surface area contributed by atoms with Crippen LogP contribution < -0.4 is 14.8 Å². The summed E-state index contributed by atoms with van der Waals surface area (Å²) in [6, 6.07) is 11.2. The molecule has 0 aliphatic carbocycles. The number of carbonyl (C=O) groups is 1. The van der Waals surface area contributed by atoms with Gasteiger partial charge in [0, 0.05) is 24.5 Å². The number of hydrogen-bond acceptors (Lipinski definition) is 4. The molecule has 0 saturated heterocycles. The lowest BCUT2D eigenvalue weighted by Crippen LogP contribution is -2.29. The summed E-state index contributed by atoms with van der Waals surface area (Å²) in [4.78, 5) is 12.3. The Morgan fingerprint density at radius 2 is 2.13 bits per heavy atom. The normalized spacial score (nSPS) is 13.9. The van der Waals surface area contributed by atoms with Crippen LogP contribution in [0.5, 0.6) is 11.5 Å². The van der Waals surface area contributed by atoms with E-state index in [4.69, 9.17) is 14.7 Å². The maximum absolute atomic E-state index is 12.3. The number of fused-ring (bicyclic) bond motifs is 1. The van der Waals surface area contributed by atoms with Crippen molar-refractivity contribution in [2.45, 2.75) is 6.92 Å². The Labute approximate surface area is 134 Å². The molecule has 0 saturated carbocycles. The first-order valence-corrected chi connectivity index (χ1v) is 7.44. The molecule has 0 bridgehead atoms. The van der Waals surface area contributed by atoms with Crippen molar-refractivity contribution in [3.63, 3.8) is 0 Å². The Morgan fingerprint density at radius 1 is 1.35 bits per heavy atom. The highest BCUT2D eigenvalue weighted by Gasteiger charge is 2.16. The molecule has 0 spiro atoms. The van der Waals surface area contributed by atoms with E-state index in [1.165, 1.54) is 0 Å². The van der Waals surface area contributed by atoms with Gasteiger partial charge in [-0.3, -0.25) is 4.79 Å². The van der Waals surface area contributed by atoms with E-state index < -0.39 is 0 Å². The molecule has 6 heteroatoms. The SMILES string of the molecule is C[C@H](C#N)CNC(=O)c1cccn1-c1ccc2c(c1)OCCO2. The summed E-state index contributed by atoms with van der Waals surface area (Å²) in [6.45, 7) is 3.14. The summed E-state index contributed by atoms with van der Waals surface area (Å²) in [7, 11) is 0. The molecule has 0 unspecified atom stereocenters. The molecular weight excluding hydrogens is 294 g/mol. The first-order chi connectivity index (χ1) is 11.2. The van der Waals surface area contributed by atoms with Crippen LogP contribution in [-0.2, 0) is 0 Å². The maximum Gasteiger partial charge on any atom is 0.268 e. The third-order valence-electron chi connectivity index (χ3n) is 3.57. The highest BCUT2D eigenvalue weighted by molar-refractivity contribution is 5.93. The number of amides is 1. The van der Waals surface area contributed by atoms with E-state index in [-0.39, 0.29) is 11.8 Å². The van der Waals surface area contributed by atoms with Gasteiger partial charge in [0.1, 0.15) is 18.9 Å².